The molecule has 0 aliphatic carbocycles. The lowest BCUT2D eigenvalue weighted by atomic mass is 9.92. The first-order chi connectivity index (χ1) is 15.8. The second-order valence-corrected chi connectivity index (χ2v) is 9.84. The predicted molar refractivity (Wildman–Crippen MR) is 129 cm³/mol. The van der Waals surface area contributed by atoms with Gasteiger partial charge in [0.2, 0.25) is 5.91 Å². The smallest absolute Gasteiger partial charge is 0.266 e. The number of aromatic nitrogens is 2. The number of rotatable bonds is 5. The average Bonchev–Trinajstić information content (AvgIpc) is 3.12. The SMILES string of the molecule is COc1cccc(NC(=O)c2sc3ncn(CC(=O)N4C[C@H](C)C[C@H](C)C4)c(=O)c3c2C)c1. The van der Waals surface area contributed by atoms with Crippen LogP contribution >= 0.6 is 11.3 Å². The maximum atomic E-state index is 13.2. The van der Waals surface area contributed by atoms with Crippen molar-refractivity contribution in [2.24, 2.45) is 11.8 Å². The zero-order valence-electron chi connectivity index (χ0n) is 19.3. The van der Waals surface area contributed by atoms with Crippen molar-refractivity contribution in [1.29, 1.82) is 0 Å². The minimum atomic E-state index is -0.318. The number of piperidine rings is 1. The summed E-state index contributed by atoms with van der Waals surface area (Å²) in [6, 6.07) is 7.06. The van der Waals surface area contributed by atoms with E-state index in [9.17, 15) is 14.4 Å². The van der Waals surface area contributed by atoms with E-state index in [2.05, 4.69) is 24.1 Å². The summed E-state index contributed by atoms with van der Waals surface area (Å²) in [5, 5.41) is 3.23. The zero-order valence-corrected chi connectivity index (χ0v) is 20.1. The Hall–Kier alpha value is -3.20. The number of hydrogen-bond acceptors (Lipinski definition) is 6. The molecule has 0 unspecified atom stereocenters. The Morgan fingerprint density at radius 3 is 2.67 bits per heavy atom. The fourth-order valence-electron chi connectivity index (χ4n) is 4.49. The minimum Gasteiger partial charge on any atom is -0.497 e. The molecule has 3 aromatic rings. The number of carbonyl (C=O) groups is 2. The maximum Gasteiger partial charge on any atom is 0.266 e. The molecule has 9 heteroatoms. The number of aryl methyl sites for hydroxylation is 1. The molecule has 0 saturated carbocycles. The largest absolute Gasteiger partial charge is 0.497 e. The number of methoxy groups -OCH3 is 1. The van der Waals surface area contributed by atoms with Crippen LogP contribution in [-0.4, -0.2) is 46.5 Å². The second kappa shape index (κ2) is 9.35. The van der Waals surface area contributed by atoms with Crippen molar-refractivity contribution in [3.63, 3.8) is 0 Å². The first-order valence-corrected chi connectivity index (χ1v) is 11.8. The fraction of sp³-hybridized carbons (Fsp3) is 0.417. The lowest BCUT2D eigenvalue weighted by molar-refractivity contribution is -0.134. The number of nitrogens with one attached hydrogen (secondary N) is 1. The Bertz CT molecular complexity index is 1260. The van der Waals surface area contributed by atoms with Crippen molar-refractivity contribution < 1.29 is 14.3 Å². The molecule has 1 fully saturated rings. The van der Waals surface area contributed by atoms with E-state index in [1.165, 1.54) is 22.2 Å². The van der Waals surface area contributed by atoms with Crippen LogP contribution in [0.4, 0.5) is 5.69 Å². The van der Waals surface area contributed by atoms with E-state index in [1.54, 1.807) is 38.3 Å². The highest BCUT2D eigenvalue weighted by molar-refractivity contribution is 7.20. The van der Waals surface area contributed by atoms with Crippen molar-refractivity contribution in [2.75, 3.05) is 25.5 Å². The summed E-state index contributed by atoms with van der Waals surface area (Å²) in [5.41, 5.74) is 0.854. The van der Waals surface area contributed by atoms with Gasteiger partial charge in [-0.1, -0.05) is 19.9 Å². The standard InChI is InChI=1S/C24H28N4O4S/c1-14-8-15(2)11-27(10-14)19(29)12-28-13-25-23-20(24(28)31)16(3)21(33-23)22(30)26-17-6-5-7-18(9-17)32-4/h5-7,9,13-15H,8,10-12H2,1-4H3,(H,26,30)/t14-,15+. The number of thiophene rings is 1. The van der Waals surface area contributed by atoms with Crippen molar-refractivity contribution >= 4 is 39.1 Å². The Balaban J connectivity index is 1.58. The summed E-state index contributed by atoms with van der Waals surface area (Å²) < 4.78 is 6.54. The van der Waals surface area contributed by atoms with Gasteiger partial charge in [-0.3, -0.25) is 19.0 Å². The molecule has 0 spiro atoms. The molecule has 1 aliphatic heterocycles. The third-order valence-electron chi connectivity index (χ3n) is 5.98. The fourth-order valence-corrected chi connectivity index (χ4v) is 5.52. The summed E-state index contributed by atoms with van der Waals surface area (Å²) in [6.07, 6.45) is 2.50. The summed E-state index contributed by atoms with van der Waals surface area (Å²) >= 11 is 1.17. The summed E-state index contributed by atoms with van der Waals surface area (Å²) in [7, 11) is 1.56. The molecular weight excluding hydrogens is 440 g/mol. The molecule has 1 saturated heterocycles. The van der Waals surface area contributed by atoms with E-state index >= 15 is 0 Å². The van der Waals surface area contributed by atoms with Crippen LogP contribution in [0, 0.1) is 18.8 Å². The van der Waals surface area contributed by atoms with Gasteiger partial charge in [0, 0.05) is 24.8 Å². The van der Waals surface area contributed by atoms with Gasteiger partial charge in [-0.05, 0) is 42.9 Å². The van der Waals surface area contributed by atoms with E-state index < -0.39 is 0 Å². The van der Waals surface area contributed by atoms with Crippen molar-refractivity contribution in [2.45, 2.75) is 33.7 Å². The Kier molecular flexibility index (Phi) is 6.51. The molecule has 0 bridgehead atoms. The van der Waals surface area contributed by atoms with Crippen LogP contribution in [0.3, 0.4) is 0 Å². The topological polar surface area (TPSA) is 93.5 Å². The van der Waals surface area contributed by atoms with Gasteiger partial charge in [-0.2, -0.15) is 0 Å². The van der Waals surface area contributed by atoms with Gasteiger partial charge in [0.25, 0.3) is 11.5 Å². The summed E-state index contributed by atoms with van der Waals surface area (Å²) in [6.45, 7) is 7.38. The monoisotopic (exact) mass is 468 g/mol. The Morgan fingerprint density at radius 2 is 1.97 bits per heavy atom. The van der Waals surface area contributed by atoms with E-state index in [4.69, 9.17) is 4.74 Å². The number of fused-ring (bicyclic) bond motifs is 1. The number of amides is 2. The van der Waals surface area contributed by atoms with Crippen LogP contribution in [-0.2, 0) is 11.3 Å². The maximum absolute atomic E-state index is 13.2. The van der Waals surface area contributed by atoms with Crippen molar-refractivity contribution in [1.82, 2.24) is 14.5 Å². The highest BCUT2D eigenvalue weighted by atomic mass is 32.1. The van der Waals surface area contributed by atoms with Gasteiger partial charge in [-0.25, -0.2) is 4.98 Å². The Labute approximate surface area is 196 Å². The molecular formula is C24H28N4O4S. The normalized spacial score (nSPS) is 18.4. The third kappa shape index (κ3) is 4.78. The first kappa shape index (κ1) is 23.0. The number of benzene rings is 1. The van der Waals surface area contributed by atoms with Gasteiger partial charge in [-0.15, -0.1) is 11.3 Å². The molecule has 3 heterocycles. The van der Waals surface area contributed by atoms with E-state index in [-0.39, 0.29) is 23.9 Å². The number of carbonyl (C=O) groups excluding carboxylic acids is 2. The van der Waals surface area contributed by atoms with Gasteiger partial charge < -0.3 is 15.0 Å². The van der Waals surface area contributed by atoms with E-state index in [0.29, 0.717) is 57.0 Å². The van der Waals surface area contributed by atoms with Gasteiger partial charge >= 0.3 is 0 Å². The molecule has 33 heavy (non-hydrogen) atoms. The van der Waals surface area contributed by atoms with Crippen molar-refractivity contribution in [3.05, 3.63) is 51.4 Å². The number of hydrogen-bond donors (Lipinski definition) is 1. The average molecular weight is 469 g/mol. The number of likely N-dealkylation sites (tertiary alicyclic amines) is 1. The van der Waals surface area contributed by atoms with Gasteiger partial charge in [0.05, 0.1) is 23.7 Å². The number of ether oxygens (including phenoxy) is 1. The van der Waals surface area contributed by atoms with Gasteiger partial charge in [0.15, 0.2) is 0 Å². The number of anilines is 1. The molecule has 2 amide bonds. The highest BCUT2D eigenvalue weighted by Crippen LogP contribution is 2.28. The molecule has 1 N–H and O–H groups in total. The zero-order chi connectivity index (χ0) is 23.7. The van der Waals surface area contributed by atoms with E-state index in [1.807, 2.05) is 4.90 Å². The molecule has 1 aliphatic rings. The first-order valence-electron chi connectivity index (χ1n) is 11.0. The highest BCUT2D eigenvalue weighted by Gasteiger charge is 2.26. The van der Waals surface area contributed by atoms with E-state index in [0.717, 1.165) is 6.42 Å². The molecule has 8 nitrogen and oxygen atoms in total. The van der Waals surface area contributed by atoms with Crippen LogP contribution < -0.4 is 15.6 Å². The van der Waals surface area contributed by atoms with Crippen LogP contribution in [0.5, 0.6) is 5.75 Å². The lowest BCUT2D eigenvalue weighted by Gasteiger charge is -2.35. The van der Waals surface area contributed by atoms with Crippen LogP contribution in [0.25, 0.3) is 10.2 Å². The minimum absolute atomic E-state index is 0.0537. The van der Waals surface area contributed by atoms with Crippen LogP contribution in [0.15, 0.2) is 35.4 Å². The summed E-state index contributed by atoms with van der Waals surface area (Å²) in [5.74, 6) is 1.12. The lowest BCUT2D eigenvalue weighted by Crippen LogP contribution is -2.44. The number of nitrogens with zero attached hydrogens (tertiary/aromatic N) is 3. The molecule has 4 rings (SSSR count). The quantitative estimate of drug-likeness (QED) is 0.618. The molecule has 1 aromatic carbocycles. The second-order valence-electron chi connectivity index (χ2n) is 8.84. The van der Waals surface area contributed by atoms with Crippen LogP contribution in [0.2, 0.25) is 0 Å². The molecule has 0 radical (unpaired) electrons. The predicted octanol–water partition coefficient (Wildman–Crippen LogP) is 3.53. The van der Waals surface area contributed by atoms with Gasteiger partial charge in [0.1, 0.15) is 17.1 Å². The Morgan fingerprint density at radius 1 is 1.24 bits per heavy atom. The summed E-state index contributed by atoms with van der Waals surface area (Å²) in [4.78, 5) is 46.1. The molecule has 174 valence electrons. The molecule has 2 aromatic heterocycles. The van der Waals surface area contributed by atoms with Crippen molar-refractivity contribution in [3.8, 4) is 5.75 Å². The third-order valence-corrected chi connectivity index (χ3v) is 7.18. The van der Waals surface area contributed by atoms with Crippen LogP contribution in [0.1, 0.15) is 35.5 Å². The molecule has 2 atom stereocenters.